The van der Waals surface area contributed by atoms with E-state index >= 15 is 0 Å². The Hall–Kier alpha value is -3.29. The van der Waals surface area contributed by atoms with Gasteiger partial charge < -0.3 is 16.0 Å². The minimum Gasteiger partial charge on any atom is -0.368 e. The Morgan fingerprint density at radius 3 is 2.82 bits per heavy atom. The Kier molecular flexibility index (Phi) is 5.28. The summed E-state index contributed by atoms with van der Waals surface area (Å²) < 4.78 is 0. The maximum absolute atomic E-state index is 6.58. The van der Waals surface area contributed by atoms with Gasteiger partial charge in [-0.05, 0) is 61.4 Å². The van der Waals surface area contributed by atoms with Crippen molar-refractivity contribution in [3.05, 3.63) is 71.0 Å². The monoisotopic (exact) mass is 454 g/mol. The number of fused-ring (bicyclic) bond motifs is 4. The molecule has 0 radical (unpaired) electrons. The molecule has 4 aromatic heterocycles. The molecule has 1 aliphatic carbocycles. The lowest BCUT2D eigenvalue weighted by Crippen LogP contribution is -2.31. The van der Waals surface area contributed by atoms with Crippen molar-refractivity contribution >= 4 is 38.3 Å². The number of aromatic amines is 1. The fourth-order valence-electron chi connectivity index (χ4n) is 4.80. The molecule has 5 aromatic rings. The summed E-state index contributed by atoms with van der Waals surface area (Å²) in [5, 5.41) is 6.03. The first-order chi connectivity index (χ1) is 16.3. The molecule has 0 saturated carbocycles. The molecule has 7 heteroatoms. The van der Waals surface area contributed by atoms with E-state index < -0.39 is 0 Å². The topological polar surface area (TPSA) is 92.5 Å². The van der Waals surface area contributed by atoms with Crippen LogP contribution in [0.4, 0.5) is 5.82 Å². The van der Waals surface area contributed by atoms with Crippen molar-refractivity contribution in [2.75, 3.05) is 11.9 Å². The van der Waals surface area contributed by atoms with Crippen LogP contribution in [0.1, 0.15) is 28.8 Å². The van der Waals surface area contributed by atoms with Crippen LogP contribution >= 0.6 is 11.3 Å². The summed E-state index contributed by atoms with van der Waals surface area (Å²) in [5.74, 6) is 1.64. The molecule has 0 bridgehead atoms. The molecule has 0 spiro atoms. The molecule has 33 heavy (non-hydrogen) atoms. The zero-order valence-corrected chi connectivity index (χ0v) is 19.2. The first-order valence-corrected chi connectivity index (χ1v) is 12.3. The third-order valence-electron chi connectivity index (χ3n) is 6.44. The van der Waals surface area contributed by atoms with E-state index in [1.54, 1.807) is 12.4 Å². The summed E-state index contributed by atoms with van der Waals surface area (Å²) in [4.78, 5) is 19.9. The van der Waals surface area contributed by atoms with Crippen LogP contribution in [-0.2, 0) is 19.3 Å². The smallest absolute Gasteiger partial charge is 0.163 e. The zero-order valence-electron chi connectivity index (χ0n) is 18.3. The van der Waals surface area contributed by atoms with Gasteiger partial charge in [-0.2, -0.15) is 0 Å². The highest BCUT2D eigenvalue weighted by molar-refractivity contribution is 7.19. The number of anilines is 1. The maximum atomic E-state index is 6.58. The van der Waals surface area contributed by atoms with Crippen molar-refractivity contribution in [2.45, 2.75) is 38.1 Å². The second-order valence-corrected chi connectivity index (χ2v) is 9.81. The normalized spacial score (nSPS) is 14.5. The molecule has 1 aliphatic rings. The van der Waals surface area contributed by atoms with E-state index in [0.717, 1.165) is 46.8 Å². The number of nitrogens with zero attached hydrogens (tertiary/aromatic N) is 3. The van der Waals surface area contributed by atoms with Gasteiger partial charge in [-0.15, -0.1) is 11.3 Å². The van der Waals surface area contributed by atoms with Gasteiger partial charge in [0.15, 0.2) is 5.82 Å². The molecular weight excluding hydrogens is 428 g/mol. The third-order valence-corrected chi connectivity index (χ3v) is 7.63. The molecule has 1 aromatic carbocycles. The van der Waals surface area contributed by atoms with E-state index in [9.17, 15) is 0 Å². The lowest BCUT2D eigenvalue weighted by molar-refractivity contribution is 0.697. The van der Waals surface area contributed by atoms with Crippen molar-refractivity contribution in [2.24, 2.45) is 5.73 Å². The van der Waals surface area contributed by atoms with E-state index in [2.05, 4.69) is 39.7 Å². The van der Waals surface area contributed by atoms with Crippen molar-refractivity contribution in [1.82, 2.24) is 19.9 Å². The average Bonchev–Trinajstić information content (AvgIpc) is 3.44. The maximum Gasteiger partial charge on any atom is 0.163 e. The summed E-state index contributed by atoms with van der Waals surface area (Å²) in [6.45, 7) is 0.645. The summed E-state index contributed by atoms with van der Waals surface area (Å²) in [7, 11) is 0. The molecule has 4 N–H and O–H groups in total. The van der Waals surface area contributed by atoms with Crippen molar-refractivity contribution in [1.29, 1.82) is 0 Å². The average molecular weight is 455 g/mol. The molecule has 6 nitrogen and oxygen atoms in total. The number of thiophene rings is 1. The minimum absolute atomic E-state index is 0.0342. The van der Waals surface area contributed by atoms with E-state index in [1.807, 2.05) is 29.5 Å². The van der Waals surface area contributed by atoms with E-state index in [-0.39, 0.29) is 6.04 Å². The van der Waals surface area contributed by atoms with Gasteiger partial charge in [-0.25, -0.2) is 9.97 Å². The zero-order chi connectivity index (χ0) is 22.2. The predicted octanol–water partition coefficient (Wildman–Crippen LogP) is 5.10. The lowest BCUT2D eigenvalue weighted by atomic mass is 9.97. The molecule has 1 atom stereocenters. The molecule has 0 amide bonds. The second kappa shape index (κ2) is 8.57. The number of hydrogen-bond acceptors (Lipinski definition) is 6. The van der Waals surface area contributed by atoms with Gasteiger partial charge in [0.2, 0.25) is 0 Å². The van der Waals surface area contributed by atoms with Gasteiger partial charge in [-0.3, -0.25) is 4.98 Å². The minimum atomic E-state index is -0.0342. The predicted molar refractivity (Wildman–Crippen MR) is 136 cm³/mol. The Morgan fingerprint density at radius 2 is 1.91 bits per heavy atom. The summed E-state index contributed by atoms with van der Waals surface area (Å²) in [5.41, 5.74) is 11.4. The number of aromatic nitrogens is 4. The molecule has 166 valence electrons. The van der Waals surface area contributed by atoms with E-state index in [4.69, 9.17) is 15.7 Å². The highest BCUT2D eigenvalue weighted by Crippen LogP contribution is 2.39. The molecule has 0 unspecified atom stereocenters. The van der Waals surface area contributed by atoms with Crippen LogP contribution in [0.3, 0.4) is 0 Å². The van der Waals surface area contributed by atoms with Crippen LogP contribution < -0.4 is 11.1 Å². The van der Waals surface area contributed by atoms with Crippen molar-refractivity contribution in [3.8, 4) is 11.4 Å². The van der Waals surface area contributed by atoms with Crippen molar-refractivity contribution < 1.29 is 0 Å². The van der Waals surface area contributed by atoms with Crippen LogP contribution in [-0.4, -0.2) is 32.5 Å². The Morgan fingerprint density at radius 1 is 1.06 bits per heavy atom. The molecular formula is C26H26N6S. The first kappa shape index (κ1) is 20.3. The number of H-pyrrole nitrogens is 1. The fraction of sp³-hybridized carbons (Fsp3) is 0.269. The largest absolute Gasteiger partial charge is 0.368 e. The molecule has 0 aliphatic heterocycles. The van der Waals surface area contributed by atoms with Crippen LogP contribution in [0, 0.1) is 0 Å². The number of pyridine rings is 1. The number of benzene rings is 1. The van der Waals surface area contributed by atoms with Gasteiger partial charge in [0.25, 0.3) is 0 Å². The quantitative estimate of drug-likeness (QED) is 0.332. The summed E-state index contributed by atoms with van der Waals surface area (Å²) in [6.07, 6.45) is 11.2. The van der Waals surface area contributed by atoms with E-state index in [0.29, 0.717) is 6.54 Å². The Balaban J connectivity index is 1.31. The van der Waals surface area contributed by atoms with Gasteiger partial charge in [-0.1, -0.05) is 18.2 Å². The molecule has 0 saturated heterocycles. The van der Waals surface area contributed by atoms with Crippen LogP contribution in [0.25, 0.3) is 32.5 Å². The number of para-hydroxylation sites is 1. The third kappa shape index (κ3) is 3.87. The number of nitrogens with two attached hydrogens (primary N) is 1. The fourth-order valence-corrected chi connectivity index (χ4v) is 6.06. The van der Waals surface area contributed by atoms with E-state index in [1.165, 1.54) is 39.6 Å². The molecule has 4 heterocycles. The summed E-state index contributed by atoms with van der Waals surface area (Å²) in [6, 6.07) is 12.2. The highest BCUT2D eigenvalue weighted by Gasteiger charge is 2.22. The number of rotatable bonds is 6. The highest BCUT2D eigenvalue weighted by atomic mass is 32.1. The van der Waals surface area contributed by atoms with Gasteiger partial charge in [0, 0.05) is 52.5 Å². The van der Waals surface area contributed by atoms with Gasteiger partial charge >= 0.3 is 0 Å². The van der Waals surface area contributed by atoms with Crippen LogP contribution in [0.2, 0.25) is 0 Å². The van der Waals surface area contributed by atoms with Gasteiger partial charge in [0.1, 0.15) is 10.6 Å². The molecule has 6 rings (SSSR count). The van der Waals surface area contributed by atoms with Crippen LogP contribution in [0.5, 0.6) is 0 Å². The van der Waals surface area contributed by atoms with Gasteiger partial charge in [0.05, 0.1) is 5.39 Å². The number of aryl methyl sites for hydroxylation is 2. The Labute approximate surface area is 196 Å². The Bertz CT molecular complexity index is 1420. The standard InChI is InChI=1S/C26H26N6S/c27-18(13-17-14-29-21-7-3-1-5-19(17)21)15-30-25-23-20-6-2-4-8-22(20)33-26(23)32-24(31-25)16-9-11-28-12-10-16/h1,3,5,7,9-12,14,18,29H,2,4,6,8,13,15,27H2,(H,30,31,32)/t18-/m0/s1. The van der Waals surface area contributed by atoms with Crippen molar-refractivity contribution in [3.63, 3.8) is 0 Å². The second-order valence-electron chi connectivity index (χ2n) is 8.73. The SMILES string of the molecule is N[C@H](CNc1nc(-c2ccncc2)nc2sc3c(c12)CCCC3)Cc1c[nH]c2ccccc12. The lowest BCUT2D eigenvalue weighted by Gasteiger charge is -2.16. The first-order valence-electron chi connectivity index (χ1n) is 11.5. The molecule has 0 fully saturated rings. The number of nitrogens with one attached hydrogen (secondary N) is 2. The van der Waals surface area contributed by atoms with Crippen LogP contribution in [0.15, 0.2) is 55.0 Å². The summed E-state index contributed by atoms with van der Waals surface area (Å²) >= 11 is 1.82. The number of hydrogen-bond donors (Lipinski definition) is 3.